The van der Waals surface area contributed by atoms with Crippen LogP contribution in [0.1, 0.15) is 32.6 Å². The summed E-state index contributed by atoms with van der Waals surface area (Å²) in [4.78, 5) is 11.9. The summed E-state index contributed by atoms with van der Waals surface area (Å²) in [5.41, 5.74) is 14.5. The fourth-order valence-electron chi connectivity index (χ4n) is 3.39. The van der Waals surface area contributed by atoms with Crippen LogP contribution in [0.3, 0.4) is 0 Å². The molecule has 0 fully saturated rings. The molecule has 2 aromatic rings. The number of fused-ring (bicyclic) bond motifs is 1. The first kappa shape index (κ1) is 22.3. The second kappa shape index (κ2) is 8.76. The zero-order valence-corrected chi connectivity index (χ0v) is 16.8. The number of primary amides is 1. The lowest BCUT2D eigenvalue weighted by molar-refractivity contribution is -0.153. The van der Waals surface area contributed by atoms with Crippen molar-refractivity contribution in [1.29, 1.82) is 0 Å². The molecule has 6 N–H and O–H groups in total. The minimum atomic E-state index is -4.54. The number of carbonyl (C=O) groups excluding carboxylic acids is 1. The Morgan fingerprint density at radius 1 is 1.26 bits per heavy atom. The van der Waals surface area contributed by atoms with E-state index < -0.39 is 18.7 Å². The van der Waals surface area contributed by atoms with E-state index in [9.17, 15) is 18.0 Å². The number of hydrogen-bond donors (Lipinski definition) is 3. The molecule has 0 unspecified atom stereocenters. The van der Waals surface area contributed by atoms with Gasteiger partial charge in [-0.15, -0.1) is 0 Å². The van der Waals surface area contributed by atoms with Crippen molar-refractivity contribution in [3.63, 3.8) is 0 Å². The molecule has 0 radical (unpaired) electrons. The van der Waals surface area contributed by atoms with E-state index in [-0.39, 0.29) is 17.9 Å². The average Bonchev–Trinajstić information content (AvgIpc) is 3.16. The SMILES string of the molecule is CN(N)/C=C(\N)c1ccc(Cc2cc(C(N)=O)c(OCC(F)(F)F)c3c2OCC3)cc1. The molecule has 10 heteroatoms. The van der Waals surface area contributed by atoms with Gasteiger partial charge in [-0.3, -0.25) is 4.79 Å². The molecule has 1 aliphatic heterocycles. The maximum Gasteiger partial charge on any atom is 0.422 e. The molecule has 0 aliphatic carbocycles. The predicted molar refractivity (Wildman–Crippen MR) is 109 cm³/mol. The van der Waals surface area contributed by atoms with Crippen LogP contribution in [0, 0.1) is 0 Å². The minimum absolute atomic E-state index is 0.0988. The lowest BCUT2D eigenvalue weighted by atomic mass is 9.96. The lowest BCUT2D eigenvalue weighted by Crippen LogP contribution is -2.22. The summed E-state index contributed by atoms with van der Waals surface area (Å²) in [6.07, 6.45) is -2.27. The van der Waals surface area contributed by atoms with Gasteiger partial charge in [-0.1, -0.05) is 24.3 Å². The number of alkyl halides is 3. The number of nitrogens with zero attached hydrogens (tertiary/aromatic N) is 1. The Balaban J connectivity index is 1.93. The number of rotatable bonds is 7. The van der Waals surface area contributed by atoms with Crippen molar-refractivity contribution in [2.45, 2.75) is 19.0 Å². The summed E-state index contributed by atoms with van der Waals surface area (Å²) in [7, 11) is 1.65. The van der Waals surface area contributed by atoms with E-state index in [1.54, 1.807) is 13.2 Å². The topological polar surface area (TPSA) is 117 Å². The van der Waals surface area contributed by atoms with Crippen molar-refractivity contribution in [2.75, 3.05) is 20.3 Å². The maximum absolute atomic E-state index is 12.7. The number of ether oxygens (including phenoxy) is 2. The first-order valence-corrected chi connectivity index (χ1v) is 9.40. The van der Waals surface area contributed by atoms with Gasteiger partial charge in [0.2, 0.25) is 0 Å². The second-order valence-electron chi connectivity index (χ2n) is 7.21. The third kappa shape index (κ3) is 5.40. The summed E-state index contributed by atoms with van der Waals surface area (Å²) in [6.45, 7) is -1.24. The van der Waals surface area contributed by atoms with Crippen LogP contribution in [0.25, 0.3) is 5.70 Å². The average molecular weight is 436 g/mol. The van der Waals surface area contributed by atoms with Crippen LogP contribution in [0.5, 0.6) is 11.5 Å². The molecule has 1 aliphatic rings. The highest BCUT2D eigenvalue weighted by Crippen LogP contribution is 2.41. The van der Waals surface area contributed by atoms with Crippen molar-refractivity contribution in [1.82, 2.24) is 5.01 Å². The Morgan fingerprint density at radius 2 is 1.94 bits per heavy atom. The van der Waals surface area contributed by atoms with Crippen molar-refractivity contribution >= 4 is 11.6 Å². The van der Waals surface area contributed by atoms with Crippen molar-refractivity contribution in [2.24, 2.45) is 17.3 Å². The Bertz CT molecular complexity index is 1000. The van der Waals surface area contributed by atoms with Gasteiger partial charge in [0, 0.05) is 31.7 Å². The van der Waals surface area contributed by atoms with E-state index >= 15 is 0 Å². The van der Waals surface area contributed by atoms with Crippen LogP contribution in [0.15, 0.2) is 36.5 Å². The zero-order chi connectivity index (χ0) is 22.8. The van der Waals surface area contributed by atoms with Gasteiger partial charge in [0.1, 0.15) is 11.5 Å². The Kier molecular flexibility index (Phi) is 6.30. The quantitative estimate of drug-likeness (QED) is 0.453. The van der Waals surface area contributed by atoms with Gasteiger partial charge in [0.05, 0.1) is 17.9 Å². The van der Waals surface area contributed by atoms with Crippen molar-refractivity contribution in [3.8, 4) is 11.5 Å². The largest absolute Gasteiger partial charge is 0.493 e. The van der Waals surface area contributed by atoms with Crippen LogP contribution in [0.2, 0.25) is 0 Å². The highest BCUT2D eigenvalue weighted by molar-refractivity contribution is 5.97. The fourth-order valence-corrected chi connectivity index (χ4v) is 3.39. The molecule has 0 bridgehead atoms. The molecule has 0 atom stereocenters. The predicted octanol–water partition coefficient (Wildman–Crippen LogP) is 2.31. The van der Waals surface area contributed by atoms with Crippen LogP contribution in [-0.2, 0) is 12.8 Å². The van der Waals surface area contributed by atoms with Crippen LogP contribution >= 0.6 is 0 Å². The highest BCUT2D eigenvalue weighted by Gasteiger charge is 2.32. The summed E-state index contributed by atoms with van der Waals surface area (Å²) in [5.74, 6) is 4.96. The molecule has 3 rings (SSSR count). The summed E-state index contributed by atoms with van der Waals surface area (Å²) >= 11 is 0. The van der Waals surface area contributed by atoms with Gasteiger partial charge in [0.15, 0.2) is 6.61 Å². The van der Waals surface area contributed by atoms with E-state index in [1.165, 1.54) is 11.1 Å². The van der Waals surface area contributed by atoms with Crippen LogP contribution in [-0.4, -0.2) is 37.4 Å². The molecule has 1 heterocycles. The number of benzene rings is 2. The van der Waals surface area contributed by atoms with Gasteiger partial charge in [-0.2, -0.15) is 13.2 Å². The highest BCUT2D eigenvalue weighted by atomic mass is 19.4. The molecule has 0 aromatic heterocycles. The molecular formula is C21H23F3N4O3. The van der Waals surface area contributed by atoms with Crippen molar-refractivity contribution < 1.29 is 27.4 Å². The number of hydrazine groups is 1. The summed E-state index contributed by atoms with van der Waals surface area (Å²) < 4.78 is 48.6. The number of carbonyl (C=O) groups is 1. The molecule has 31 heavy (non-hydrogen) atoms. The van der Waals surface area contributed by atoms with Crippen LogP contribution < -0.4 is 26.8 Å². The summed E-state index contributed by atoms with van der Waals surface area (Å²) in [5, 5.41) is 1.34. The van der Waals surface area contributed by atoms with Gasteiger partial charge in [0.25, 0.3) is 5.91 Å². The zero-order valence-electron chi connectivity index (χ0n) is 16.8. The van der Waals surface area contributed by atoms with Crippen LogP contribution in [0.4, 0.5) is 13.2 Å². The third-order valence-corrected chi connectivity index (χ3v) is 4.67. The van der Waals surface area contributed by atoms with Crippen molar-refractivity contribution in [3.05, 3.63) is 64.3 Å². The minimum Gasteiger partial charge on any atom is -0.493 e. The number of halogens is 3. The van der Waals surface area contributed by atoms with E-state index in [1.807, 2.05) is 24.3 Å². The second-order valence-corrected chi connectivity index (χ2v) is 7.21. The Morgan fingerprint density at radius 3 is 2.52 bits per heavy atom. The molecule has 166 valence electrons. The molecule has 2 aromatic carbocycles. The molecule has 0 saturated heterocycles. The lowest BCUT2D eigenvalue weighted by Gasteiger charge is -2.17. The molecular weight excluding hydrogens is 413 g/mol. The van der Waals surface area contributed by atoms with Gasteiger partial charge < -0.3 is 25.9 Å². The number of nitrogens with two attached hydrogens (primary N) is 3. The van der Waals surface area contributed by atoms with Gasteiger partial charge in [-0.25, -0.2) is 5.84 Å². The normalized spacial score (nSPS) is 13.5. The third-order valence-electron chi connectivity index (χ3n) is 4.67. The standard InChI is InChI=1S/C21H23F3N4O3/c1-28(27)10-17(25)13-4-2-12(3-5-13)8-14-9-16(20(26)29)19(31-11-21(22,23)24)15-6-7-30-18(14)15/h2-5,9-10H,6-8,11,25,27H2,1H3,(H2,26,29)/b17-10-. The number of hydrogen-bond acceptors (Lipinski definition) is 6. The fraction of sp³-hybridized carbons (Fsp3) is 0.286. The number of amides is 1. The Labute approximate surface area is 177 Å². The molecule has 1 amide bonds. The van der Waals surface area contributed by atoms with E-state index in [0.29, 0.717) is 35.4 Å². The summed E-state index contributed by atoms with van der Waals surface area (Å²) in [6, 6.07) is 8.78. The first-order valence-electron chi connectivity index (χ1n) is 9.40. The molecule has 0 spiro atoms. The Hall–Kier alpha value is -3.40. The smallest absolute Gasteiger partial charge is 0.422 e. The van der Waals surface area contributed by atoms with Gasteiger partial charge >= 0.3 is 6.18 Å². The maximum atomic E-state index is 12.7. The monoisotopic (exact) mass is 436 g/mol. The molecule has 0 saturated carbocycles. The van der Waals surface area contributed by atoms with E-state index in [0.717, 1.165) is 11.1 Å². The first-order chi connectivity index (χ1) is 14.5. The van der Waals surface area contributed by atoms with E-state index in [2.05, 4.69) is 0 Å². The van der Waals surface area contributed by atoms with E-state index in [4.69, 9.17) is 26.8 Å². The van der Waals surface area contributed by atoms with Gasteiger partial charge in [-0.05, 0) is 22.8 Å². The molecule has 7 nitrogen and oxygen atoms in total.